The Bertz CT molecular complexity index is 340. The van der Waals surface area contributed by atoms with Crippen LogP contribution in [0.5, 0.6) is 0 Å². The molecule has 1 atom stereocenters. The van der Waals surface area contributed by atoms with Crippen LogP contribution in [-0.4, -0.2) is 12.6 Å². The van der Waals surface area contributed by atoms with Gasteiger partial charge in [-0.1, -0.05) is 23.7 Å². The van der Waals surface area contributed by atoms with E-state index >= 15 is 0 Å². The summed E-state index contributed by atoms with van der Waals surface area (Å²) in [5, 5.41) is 6.18. The number of urea groups is 1. The Kier molecular flexibility index (Phi) is 2.10. The van der Waals surface area contributed by atoms with Gasteiger partial charge >= 0.3 is 6.03 Å². The third-order valence-corrected chi connectivity index (χ3v) is 2.26. The first kappa shape index (κ1) is 8.38. The number of benzene rings is 1. The van der Waals surface area contributed by atoms with Gasteiger partial charge in [0.2, 0.25) is 0 Å². The number of amides is 2. The van der Waals surface area contributed by atoms with Crippen molar-refractivity contribution in [2.75, 3.05) is 6.54 Å². The van der Waals surface area contributed by atoms with Gasteiger partial charge in [-0.15, -0.1) is 0 Å². The van der Waals surface area contributed by atoms with Gasteiger partial charge in [-0.2, -0.15) is 0 Å². The van der Waals surface area contributed by atoms with Gasteiger partial charge in [-0.25, -0.2) is 4.79 Å². The van der Waals surface area contributed by atoms with Gasteiger partial charge in [-0.05, 0) is 17.7 Å². The zero-order valence-electron chi connectivity index (χ0n) is 6.88. The molecule has 1 saturated heterocycles. The van der Waals surface area contributed by atoms with Crippen LogP contribution in [0.1, 0.15) is 11.6 Å². The van der Waals surface area contributed by atoms with Crippen LogP contribution in [0.3, 0.4) is 0 Å². The molecule has 1 aromatic rings. The van der Waals surface area contributed by atoms with E-state index < -0.39 is 0 Å². The molecule has 1 heterocycles. The lowest BCUT2D eigenvalue weighted by atomic mass is 10.1. The molecular weight excluding hydrogens is 188 g/mol. The monoisotopic (exact) mass is 196 g/mol. The molecule has 2 rings (SSSR count). The van der Waals surface area contributed by atoms with Gasteiger partial charge < -0.3 is 10.6 Å². The van der Waals surface area contributed by atoms with Crippen molar-refractivity contribution < 1.29 is 4.79 Å². The third kappa shape index (κ3) is 1.75. The average molecular weight is 197 g/mol. The Hall–Kier alpha value is -1.22. The summed E-state index contributed by atoms with van der Waals surface area (Å²) in [6.07, 6.45) is 0. The van der Waals surface area contributed by atoms with Crippen molar-refractivity contribution in [3.8, 4) is 0 Å². The maximum Gasteiger partial charge on any atom is 0.315 e. The first-order valence-electron chi connectivity index (χ1n) is 4.05. The van der Waals surface area contributed by atoms with Crippen LogP contribution in [0, 0.1) is 0 Å². The van der Waals surface area contributed by atoms with Crippen LogP contribution in [0.15, 0.2) is 24.3 Å². The van der Waals surface area contributed by atoms with Gasteiger partial charge in [0.15, 0.2) is 0 Å². The second kappa shape index (κ2) is 3.26. The fourth-order valence-corrected chi connectivity index (χ4v) is 1.58. The lowest BCUT2D eigenvalue weighted by Crippen LogP contribution is -2.21. The first-order valence-corrected chi connectivity index (χ1v) is 4.43. The molecular formula is C9H9ClN2O. The lowest BCUT2D eigenvalue weighted by molar-refractivity contribution is 0.247. The van der Waals surface area contributed by atoms with Crippen LogP contribution >= 0.6 is 11.6 Å². The summed E-state index contributed by atoms with van der Waals surface area (Å²) in [7, 11) is 0. The zero-order valence-corrected chi connectivity index (χ0v) is 7.64. The normalized spacial score (nSPS) is 21.0. The summed E-state index contributed by atoms with van der Waals surface area (Å²) < 4.78 is 0. The van der Waals surface area contributed by atoms with Crippen LogP contribution in [0.25, 0.3) is 0 Å². The molecule has 68 valence electrons. The molecule has 3 nitrogen and oxygen atoms in total. The predicted molar refractivity (Wildman–Crippen MR) is 50.7 cm³/mol. The van der Waals surface area contributed by atoms with E-state index in [0.29, 0.717) is 11.6 Å². The van der Waals surface area contributed by atoms with Gasteiger partial charge in [0.25, 0.3) is 0 Å². The number of nitrogens with one attached hydrogen (secondary N) is 2. The molecule has 0 unspecified atom stereocenters. The van der Waals surface area contributed by atoms with Gasteiger partial charge in [0.1, 0.15) is 0 Å². The Morgan fingerprint density at radius 3 is 2.92 bits per heavy atom. The Morgan fingerprint density at radius 1 is 1.46 bits per heavy atom. The van der Waals surface area contributed by atoms with Crippen molar-refractivity contribution in [2.45, 2.75) is 6.04 Å². The highest BCUT2D eigenvalue weighted by molar-refractivity contribution is 6.30. The molecule has 2 N–H and O–H groups in total. The molecule has 0 aromatic heterocycles. The molecule has 0 saturated carbocycles. The van der Waals surface area contributed by atoms with Crippen LogP contribution < -0.4 is 10.6 Å². The van der Waals surface area contributed by atoms with Gasteiger partial charge in [0, 0.05) is 11.6 Å². The molecule has 0 aliphatic carbocycles. The third-order valence-electron chi connectivity index (χ3n) is 2.02. The number of hydrogen-bond acceptors (Lipinski definition) is 1. The van der Waals surface area contributed by atoms with E-state index in [1.54, 1.807) is 0 Å². The smallest absolute Gasteiger partial charge is 0.315 e. The van der Waals surface area contributed by atoms with Crippen LogP contribution in [-0.2, 0) is 0 Å². The highest BCUT2D eigenvalue weighted by Crippen LogP contribution is 2.18. The SMILES string of the molecule is O=C1NC[C@H](c2cccc(Cl)c2)N1. The number of carbonyl (C=O) groups is 1. The first-order chi connectivity index (χ1) is 6.25. The molecule has 1 aliphatic rings. The van der Waals surface area contributed by atoms with E-state index in [4.69, 9.17) is 11.6 Å². The fraction of sp³-hybridized carbons (Fsp3) is 0.222. The topological polar surface area (TPSA) is 41.1 Å². The minimum absolute atomic E-state index is 0.0474. The molecule has 0 bridgehead atoms. The number of hydrogen-bond donors (Lipinski definition) is 2. The standard InChI is InChI=1S/C9H9ClN2O/c10-7-3-1-2-6(4-7)8-5-11-9(13)12-8/h1-4,8H,5H2,(H2,11,12,13)/t8-/m1/s1. The van der Waals surface area contributed by atoms with E-state index in [1.165, 1.54) is 0 Å². The Balaban J connectivity index is 2.21. The largest absolute Gasteiger partial charge is 0.336 e. The quantitative estimate of drug-likeness (QED) is 0.705. The molecule has 13 heavy (non-hydrogen) atoms. The summed E-state index contributed by atoms with van der Waals surface area (Å²) in [5.74, 6) is 0. The Morgan fingerprint density at radius 2 is 2.31 bits per heavy atom. The maximum absolute atomic E-state index is 10.9. The van der Waals surface area contributed by atoms with Crippen molar-refractivity contribution >= 4 is 17.6 Å². The average Bonchev–Trinajstić information content (AvgIpc) is 2.52. The van der Waals surface area contributed by atoms with Crippen molar-refractivity contribution in [1.82, 2.24) is 10.6 Å². The predicted octanol–water partition coefficient (Wildman–Crippen LogP) is 1.69. The molecule has 0 spiro atoms. The summed E-state index contributed by atoms with van der Waals surface area (Å²) in [6, 6.07) is 7.43. The van der Waals surface area contributed by atoms with Crippen molar-refractivity contribution in [3.05, 3.63) is 34.9 Å². The van der Waals surface area contributed by atoms with Crippen LogP contribution in [0.4, 0.5) is 4.79 Å². The van der Waals surface area contributed by atoms with Crippen LogP contribution in [0.2, 0.25) is 5.02 Å². The number of carbonyl (C=O) groups excluding carboxylic acids is 1. The molecule has 2 amide bonds. The molecule has 1 fully saturated rings. The lowest BCUT2D eigenvalue weighted by Gasteiger charge is -2.08. The molecule has 1 aliphatic heterocycles. The maximum atomic E-state index is 10.9. The van der Waals surface area contributed by atoms with E-state index in [0.717, 1.165) is 5.56 Å². The number of halogens is 1. The second-order valence-electron chi connectivity index (χ2n) is 2.96. The fourth-order valence-electron chi connectivity index (χ4n) is 1.38. The minimum Gasteiger partial charge on any atom is -0.336 e. The Labute approximate surface area is 81.1 Å². The second-order valence-corrected chi connectivity index (χ2v) is 3.40. The van der Waals surface area contributed by atoms with Crippen molar-refractivity contribution in [2.24, 2.45) is 0 Å². The molecule has 0 radical (unpaired) electrons. The van der Waals surface area contributed by atoms with Gasteiger partial charge in [0.05, 0.1) is 6.04 Å². The highest BCUT2D eigenvalue weighted by atomic mass is 35.5. The highest BCUT2D eigenvalue weighted by Gasteiger charge is 2.21. The van der Waals surface area contributed by atoms with E-state index in [2.05, 4.69) is 10.6 Å². The van der Waals surface area contributed by atoms with Crippen molar-refractivity contribution in [3.63, 3.8) is 0 Å². The summed E-state index contributed by atoms with van der Waals surface area (Å²) in [6.45, 7) is 0.624. The van der Waals surface area contributed by atoms with Crippen molar-refractivity contribution in [1.29, 1.82) is 0 Å². The molecule has 1 aromatic carbocycles. The summed E-state index contributed by atoms with van der Waals surface area (Å²) >= 11 is 5.83. The minimum atomic E-state index is -0.120. The zero-order chi connectivity index (χ0) is 9.26. The summed E-state index contributed by atoms with van der Waals surface area (Å²) in [5.41, 5.74) is 1.03. The van der Waals surface area contributed by atoms with Gasteiger partial charge in [-0.3, -0.25) is 0 Å². The van der Waals surface area contributed by atoms with E-state index in [-0.39, 0.29) is 12.1 Å². The molecule has 4 heteroatoms. The summed E-state index contributed by atoms with van der Waals surface area (Å²) in [4.78, 5) is 10.9. The van der Waals surface area contributed by atoms with E-state index in [1.807, 2.05) is 24.3 Å². The number of rotatable bonds is 1. The van der Waals surface area contributed by atoms with E-state index in [9.17, 15) is 4.79 Å².